The number of carbonyl (C=O) groups is 1. The van der Waals surface area contributed by atoms with E-state index in [1.807, 2.05) is 0 Å². The van der Waals surface area contributed by atoms with Crippen molar-refractivity contribution in [2.75, 3.05) is 6.61 Å². The lowest BCUT2D eigenvalue weighted by Gasteiger charge is -2.18. The van der Waals surface area contributed by atoms with Crippen LogP contribution in [0.15, 0.2) is 0 Å². The van der Waals surface area contributed by atoms with Gasteiger partial charge in [-0.25, -0.2) is 0 Å². The molecule has 0 amide bonds. The van der Waals surface area contributed by atoms with Gasteiger partial charge in [0, 0.05) is 6.42 Å². The number of ether oxygens (including phenoxy) is 1. The van der Waals surface area contributed by atoms with Gasteiger partial charge in [0.1, 0.15) is 0 Å². The Bertz CT molecular complexity index is 232. The Kier molecular flexibility index (Phi) is 10.9. The highest BCUT2D eigenvalue weighted by molar-refractivity contribution is 5.69. The van der Waals surface area contributed by atoms with Crippen molar-refractivity contribution in [1.29, 1.82) is 0 Å². The molecule has 0 N–H and O–H groups in total. The Morgan fingerprint density at radius 1 is 0.750 bits per heavy atom. The van der Waals surface area contributed by atoms with E-state index in [0.717, 1.165) is 19.3 Å². The Balaban J connectivity index is 4.07. The van der Waals surface area contributed by atoms with Gasteiger partial charge >= 0.3 is 5.97 Å². The first-order chi connectivity index (χ1) is 9.31. The van der Waals surface area contributed by atoms with E-state index in [1.54, 1.807) is 0 Å². The number of carbonyl (C=O) groups excluding carboxylic acids is 1. The summed E-state index contributed by atoms with van der Waals surface area (Å²) in [5.41, 5.74) is 0. The van der Waals surface area contributed by atoms with Gasteiger partial charge in [-0.1, -0.05) is 54.4 Å². The van der Waals surface area contributed by atoms with Gasteiger partial charge in [-0.2, -0.15) is 0 Å². The van der Waals surface area contributed by atoms with Gasteiger partial charge < -0.3 is 4.74 Å². The SMILES string of the molecule is CC(C)CCOC(=O)CC(CCC(C)C)CCC(C)C. The van der Waals surface area contributed by atoms with Gasteiger partial charge in [0.25, 0.3) is 0 Å². The highest BCUT2D eigenvalue weighted by Crippen LogP contribution is 2.23. The first-order valence-electron chi connectivity index (χ1n) is 8.46. The monoisotopic (exact) mass is 284 g/mol. The molecule has 0 aliphatic heterocycles. The summed E-state index contributed by atoms with van der Waals surface area (Å²) in [5.74, 6) is 2.54. The molecule has 20 heavy (non-hydrogen) atoms. The average molecular weight is 284 g/mol. The van der Waals surface area contributed by atoms with Crippen LogP contribution in [-0.4, -0.2) is 12.6 Å². The zero-order chi connectivity index (χ0) is 15.5. The molecule has 0 radical (unpaired) electrons. The van der Waals surface area contributed by atoms with Crippen molar-refractivity contribution in [2.45, 2.75) is 80.1 Å². The third kappa shape index (κ3) is 12.5. The zero-order valence-corrected chi connectivity index (χ0v) is 14.6. The standard InChI is InChI=1S/C18H36O2/c1-14(2)7-9-17(10-8-15(3)4)13-18(19)20-12-11-16(5)6/h14-17H,7-13H2,1-6H3. The molecule has 0 spiro atoms. The molecule has 0 heterocycles. The van der Waals surface area contributed by atoms with Gasteiger partial charge in [-0.05, 0) is 42.9 Å². The maximum Gasteiger partial charge on any atom is 0.306 e. The van der Waals surface area contributed by atoms with Gasteiger partial charge in [-0.3, -0.25) is 4.79 Å². The third-order valence-corrected chi connectivity index (χ3v) is 3.72. The maximum atomic E-state index is 11.9. The first kappa shape index (κ1) is 19.5. The van der Waals surface area contributed by atoms with E-state index in [1.165, 1.54) is 12.8 Å². The molecule has 2 heteroatoms. The van der Waals surface area contributed by atoms with Gasteiger partial charge in [-0.15, -0.1) is 0 Å². The molecule has 0 saturated heterocycles. The molecule has 0 rings (SSSR count). The molecule has 0 aromatic heterocycles. The highest BCUT2D eigenvalue weighted by Gasteiger charge is 2.16. The summed E-state index contributed by atoms with van der Waals surface area (Å²) < 4.78 is 5.36. The predicted octanol–water partition coefficient (Wildman–Crippen LogP) is 5.45. The second kappa shape index (κ2) is 11.2. The number of hydrogen-bond acceptors (Lipinski definition) is 2. The first-order valence-corrected chi connectivity index (χ1v) is 8.46. The van der Waals surface area contributed by atoms with Gasteiger partial charge in [0.15, 0.2) is 0 Å². The minimum Gasteiger partial charge on any atom is -0.466 e. The summed E-state index contributed by atoms with van der Waals surface area (Å²) >= 11 is 0. The summed E-state index contributed by atoms with van der Waals surface area (Å²) in [6.07, 6.45) is 6.31. The quantitative estimate of drug-likeness (QED) is 0.471. The molecule has 0 atom stereocenters. The zero-order valence-electron chi connectivity index (χ0n) is 14.6. The topological polar surface area (TPSA) is 26.3 Å². The molecule has 0 unspecified atom stereocenters. The van der Waals surface area contributed by atoms with E-state index < -0.39 is 0 Å². The summed E-state index contributed by atoms with van der Waals surface area (Å²) in [6, 6.07) is 0. The summed E-state index contributed by atoms with van der Waals surface area (Å²) in [4.78, 5) is 11.9. The number of hydrogen-bond donors (Lipinski definition) is 0. The average Bonchev–Trinajstić information content (AvgIpc) is 2.31. The number of rotatable bonds is 11. The third-order valence-electron chi connectivity index (χ3n) is 3.72. The van der Waals surface area contributed by atoms with E-state index in [9.17, 15) is 4.79 Å². The second-order valence-corrected chi connectivity index (χ2v) is 7.42. The molecule has 2 nitrogen and oxygen atoms in total. The molecular formula is C18H36O2. The minimum atomic E-state index is 0.00293. The Labute approximate surface area is 126 Å². The minimum absolute atomic E-state index is 0.00293. The molecule has 0 bridgehead atoms. The van der Waals surface area contributed by atoms with Gasteiger partial charge in [0.2, 0.25) is 0 Å². The molecule has 0 aliphatic rings. The highest BCUT2D eigenvalue weighted by atomic mass is 16.5. The lowest BCUT2D eigenvalue weighted by atomic mass is 9.89. The fraction of sp³-hybridized carbons (Fsp3) is 0.944. The molecular weight excluding hydrogens is 248 g/mol. The fourth-order valence-electron chi connectivity index (χ4n) is 2.19. The van der Waals surface area contributed by atoms with E-state index in [-0.39, 0.29) is 5.97 Å². The Morgan fingerprint density at radius 3 is 1.60 bits per heavy atom. The van der Waals surface area contributed by atoms with Crippen LogP contribution in [0.3, 0.4) is 0 Å². The van der Waals surface area contributed by atoms with Crippen LogP contribution in [0.1, 0.15) is 80.1 Å². The molecule has 0 aromatic rings. The van der Waals surface area contributed by atoms with E-state index in [2.05, 4.69) is 41.5 Å². The van der Waals surface area contributed by atoms with Crippen molar-refractivity contribution < 1.29 is 9.53 Å². The fourth-order valence-corrected chi connectivity index (χ4v) is 2.19. The van der Waals surface area contributed by atoms with Crippen molar-refractivity contribution in [2.24, 2.45) is 23.7 Å². The van der Waals surface area contributed by atoms with Crippen molar-refractivity contribution in [1.82, 2.24) is 0 Å². The lowest BCUT2D eigenvalue weighted by molar-refractivity contribution is -0.145. The van der Waals surface area contributed by atoms with Crippen molar-refractivity contribution >= 4 is 5.97 Å². The van der Waals surface area contributed by atoms with Crippen LogP contribution < -0.4 is 0 Å². The predicted molar refractivity (Wildman–Crippen MR) is 86.7 cm³/mol. The van der Waals surface area contributed by atoms with Crippen molar-refractivity contribution in [3.63, 3.8) is 0 Å². The number of esters is 1. The van der Waals surface area contributed by atoms with E-state index in [4.69, 9.17) is 4.74 Å². The Hall–Kier alpha value is -0.530. The van der Waals surface area contributed by atoms with Crippen LogP contribution in [0.4, 0.5) is 0 Å². The van der Waals surface area contributed by atoms with Crippen molar-refractivity contribution in [3.05, 3.63) is 0 Å². The van der Waals surface area contributed by atoms with Crippen LogP contribution in [0.25, 0.3) is 0 Å². The van der Waals surface area contributed by atoms with E-state index in [0.29, 0.717) is 36.7 Å². The summed E-state index contributed by atoms with van der Waals surface area (Å²) in [7, 11) is 0. The smallest absolute Gasteiger partial charge is 0.306 e. The van der Waals surface area contributed by atoms with E-state index >= 15 is 0 Å². The van der Waals surface area contributed by atoms with Crippen LogP contribution in [-0.2, 0) is 9.53 Å². The molecule has 0 aliphatic carbocycles. The molecule has 0 fully saturated rings. The second-order valence-electron chi connectivity index (χ2n) is 7.42. The normalized spacial score (nSPS) is 11.9. The maximum absolute atomic E-state index is 11.9. The summed E-state index contributed by atoms with van der Waals surface area (Å²) in [5, 5.41) is 0. The van der Waals surface area contributed by atoms with Crippen LogP contribution in [0.2, 0.25) is 0 Å². The van der Waals surface area contributed by atoms with Crippen molar-refractivity contribution in [3.8, 4) is 0 Å². The van der Waals surface area contributed by atoms with Crippen LogP contribution in [0, 0.1) is 23.7 Å². The largest absolute Gasteiger partial charge is 0.466 e. The lowest BCUT2D eigenvalue weighted by Crippen LogP contribution is -2.14. The van der Waals surface area contributed by atoms with Crippen LogP contribution >= 0.6 is 0 Å². The molecule has 0 saturated carbocycles. The molecule has 0 aromatic carbocycles. The molecule has 120 valence electrons. The summed E-state index contributed by atoms with van der Waals surface area (Å²) in [6.45, 7) is 13.9. The Morgan fingerprint density at radius 2 is 1.20 bits per heavy atom. The van der Waals surface area contributed by atoms with Crippen LogP contribution in [0.5, 0.6) is 0 Å². The van der Waals surface area contributed by atoms with Gasteiger partial charge in [0.05, 0.1) is 6.61 Å².